The molecule has 0 aliphatic heterocycles. The summed E-state index contributed by atoms with van der Waals surface area (Å²) < 4.78 is 31.8. The van der Waals surface area contributed by atoms with Gasteiger partial charge in [-0.3, -0.25) is 0 Å². The van der Waals surface area contributed by atoms with Gasteiger partial charge in [0, 0.05) is 12.1 Å². The van der Waals surface area contributed by atoms with E-state index in [9.17, 15) is 13.6 Å². The van der Waals surface area contributed by atoms with Crippen LogP contribution in [0.25, 0.3) is 11.0 Å². The second-order valence-corrected chi connectivity index (χ2v) is 4.14. The van der Waals surface area contributed by atoms with Gasteiger partial charge in [0.15, 0.2) is 0 Å². The first-order valence-electron chi connectivity index (χ1n) is 5.13. The lowest BCUT2D eigenvalue weighted by Gasteiger charge is -2.00. The van der Waals surface area contributed by atoms with E-state index in [2.05, 4.69) is 4.99 Å². The van der Waals surface area contributed by atoms with Crippen molar-refractivity contribution in [1.29, 1.82) is 0 Å². The predicted octanol–water partition coefficient (Wildman–Crippen LogP) is 3.04. The molecule has 0 radical (unpaired) electrons. The zero-order valence-electron chi connectivity index (χ0n) is 8.67. The van der Waals surface area contributed by atoms with Crippen molar-refractivity contribution < 1.29 is 18.0 Å². The summed E-state index contributed by atoms with van der Waals surface area (Å²) in [5.41, 5.74) is -0.575. The zero-order valence-corrected chi connectivity index (χ0v) is 8.67. The highest BCUT2D eigenvalue weighted by molar-refractivity contribution is 5.79. The Balaban J connectivity index is 2.21. The van der Waals surface area contributed by atoms with Gasteiger partial charge in [-0.05, 0) is 18.9 Å². The van der Waals surface area contributed by atoms with Crippen LogP contribution >= 0.6 is 0 Å². The second kappa shape index (κ2) is 3.25. The number of fused-ring (bicyclic) bond motifs is 1. The molecule has 1 aromatic carbocycles. The number of benzene rings is 1. The van der Waals surface area contributed by atoms with Gasteiger partial charge in [0.05, 0.1) is 5.39 Å². The zero-order chi connectivity index (χ0) is 12.0. The van der Waals surface area contributed by atoms with E-state index >= 15 is 0 Å². The maximum Gasteiger partial charge on any atom is 0.235 e. The Hall–Kier alpha value is -2.00. The van der Waals surface area contributed by atoms with Crippen molar-refractivity contribution in [1.82, 2.24) is 0 Å². The number of nitrogens with zero attached hydrogens (tertiary/aromatic N) is 1. The summed E-state index contributed by atoms with van der Waals surface area (Å²) in [6.07, 6.45) is 2.80. The summed E-state index contributed by atoms with van der Waals surface area (Å²) in [4.78, 5) is 14.0. The summed E-state index contributed by atoms with van der Waals surface area (Å²) in [6.45, 7) is 0. The smallest absolute Gasteiger partial charge is 0.235 e. The van der Waals surface area contributed by atoms with Gasteiger partial charge < -0.3 is 4.42 Å². The van der Waals surface area contributed by atoms with Gasteiger partial charge in [0.2, 0.25) is 6.08 Å². The molecular weight excluding hydrogens is 228 g/mol. The molecule has 2 aromatic rings. The second-order valence-electron chi connectivity index (χ2n) is 4.14. The molecule has 1 aliphatic rings. The van der Waals surface area contributed by atoms with Crippen molar-refractivity contribution in [2.24, 2.45) is 4.99 Å². The van der Waals surface area contributed by atoms with Gasteiger partial charge in [-0.2, -0.15) is 4.99 Å². The van der Waals surface area contributed by atoms with Crippen LogP contribution in [0.1, 0.15) is 18.6 Å². The molecule has 5 heteroatoms. The van der Waals surface area contributed by atoms with E-state index in [1.54, 1.807) is 0 Å². The molecule has 0 saturated heterocycles. The summed E-state index contributed by atoms with van der Waals surface area (Å²) >= 11 is 0. The van der Waals surface area contributed by atoms with Crippen LogP contribution in [-0.4, -0.2) is 6.08 Å². The van der Waals surface area contributed by atoms with Crippen LogP contribution in [-0.2, 0) is 10.3 Å². The highest BCUT2D eigenvalue weighted by Gasteiger charge is 2.48. The Kier molecular flexibility index (Phi) is 1.94. The van der Waals surface area contributed by atoms with Crippen molar-refractivity contribution in [3.63, 3.8) is 0 Å². The molecule has 0 unspecified atom stereocenters. The van der Waals surface area contributed by atoms with E-state index in [1.807, 2.05) is 0 Å². The number of aliphatic imine (C=N–C) groups is 1. The van der Waals surface area contributed by atoms with E-state index < -0.39 is 17.2 Å². The van der Waals surface area contributed by atoms with Crippen molar-refractivity contribution >= 4 is 17.0 Å². The average molecular weight is 235 g/mol. The minimum atomic E-state index is -0.705. The molecule has 1 saturated carbocycles. The molecule has 1 aliphatic carbocycles. The first kappa shape index (κ1) is 10.2. The fraction of sp³-hybridized carbons (Fsp3) is 0.250. The predicted molar refractivity (Wildman–Crippen MR) is 55.2 cm³/mol. The molecule has 3 rings (SSSR count). The Morgan fingerprint density at radius 3 is 2.71 bits per heavy atom. The van der Waals surface area contributed by atoms with Gasteiger partial charge in [0.1, 0.15) is 28.5 Å². The van der Waals surface area contributed by atoms with Crippen molar-refractivity contribution in [2.45, 2.75) is 18.4 Å². The van der Waals surface area contributed by atoms with Gasteiger partial charge in [-0.15, -0.1) is 0 Å². The molecule has 1 fully saturated rings. The first-order chi connectivity index (χ1) is 8.14. The third kappa shape index (κ3) is 1.47. The molecule has 1 aromatic heterocycles. The largest absolute Gasteiger partial charge is 0.458 e. The third-order valence-electron chi connectivity index (χ3n) is 2.99. The van der Waals surface area contributed by atoms with Crippen LogP contribution in [0.15, 0.2) is 27.6 Å². The molecule has 17 heavy (non-hydrogen) atoms. The molecule has 0 atom stereocenters. The third-order valence-corrected chi connectivity index (χ3v) is 2.99. The lowest BCUT2D eigenvalue weighted by molar-refractivity contribution is 0.480. The number of carbonyl (C=O) groups excluding carboxylic acids is 1. The number of halogens is 2. The van der Waals surface area contributed by atoms with Crippen molar-refractivity contribution in [3.8, 4) is 0 Å². The number of hydrogen-bond acceptors (Lipinski definition) is 3. The number of rotatable bonds is 2. The summed E-state index contributed by atoms with van der Waals surface area (Å²) in [6, 6.07) is 3.38. The lowest BCUT2D eigenvalue weighted by Crippen LogP contribution is -1.99. The van der Waals surface area contributed by atoms with Crippen molar-refractivity contribution in [3.05, 3.63) is 35.6 Å². The van der Waals surface area contributed by atoms with E-state index in [0.717, 1.165) is 12.1 Å². The summed E-state index contributed by atoms with van der Waals surface area (Å²) in [5.74, 6) is -0.985. The SMILES string of the molecule is O=C=NC1(c2cc3c(F)cc(F)cc3o2)CC1. The van der Waals surface area contributed by atoms with E-state index in [-0.39, 0.29) is 11.0 Å². The molecular formula is C12H7F2NO2. The first-order valence-corrected chi connectivity index (χ1v) is 5.13. The minimum absolute atomic E-state index is 0.130. The van der Waals surface area contributed by atoms with E-state index in [1.165, 1.54) is 12.1 Å². The molecule has 3 nitrogen and oxygen atoms in total. The molecule has 0 bridgehead atoms. The van der Waals surface area contributed by atoms with E-state index in [4.69, 9.17) is 4.42 Å². The average Bonchev–Trinajstić information content (AvgIpc) is 2.90. The molecule has 0 N–H and O–H groups in total. The Bertz CT molecular complexity index is 652. The normalized spacial score (nSPS) is 16.8. The van der Waals surface area contributed by atoms with Crippen LogP contribution < -0.4 is 0 Å². The standard InChI is InChI=1S/C12H7F2NO2/c13-7-3-9(14)8-5-11(17-10(8)4-7)12(1-2-12)15-6-16/h3-5H,1-2H2. The fourth-order valence-electron chi connectivity index (χ4n) is 1.91. The number of furan rings is 1. The Morgan fingerprint density at radius 1 is 1.29 bits per heavy atom. The monoisotopic (exact) mass is 235 g/mol. The quantitative estimate of drug-likeness (QED) is 0.593. The molecule has 0 spiro atoms. The maximum absolute atomic E-state index is 13.4. The molecule has 0 amide bonds. The summed E-state index contributed by atoms with van der Waals surface area (Å²) in [7, 11) is 0. The van der Waals surface area contributed by atoms with Gasteiger partial charge in [-0.25, -0.2) is 13.6 Å². The number of hydrogen-bond donors (Lipinski definition) is 0. The highest BCUT2D eigenvalue weighted by Crippen LogP contribution is 2.50. The molecule has 1 heterocycles. The van der Waals surface area contributed by atoms with Crippen LogP contribution in [0.2, 0.25) is 0 Å². The van der Waals surface area contributed by atoms with Crippen LogP contribution in [0, 0.1) is 11.6 Å². The lowest BCUT2D eigenvalue weighted by atomic mass is 10.2. The van der Waals surface area contributed by atoms with Crippen LogP contribution in [0.5, 0.6) is 0 Å². The summed E-state index contributed by atoms with van der Waals surface area (Å²) in [5, 5.41) is 0.203. The van der Waals surface area contributed by atoms with Gasteiger partial charge in [-0.1, -0.05) is 0 Å². The molecule has 86 valence electrons. The number of isocyanates is 1. The van der Waals surface area contributed by atoms with Gasteiger partial charge >= 0.3 is 0 Å². The van der Waals surface area contributed by atoms with Crippen LogP contribution in [0.4, 0.5) is 8.78 Å². The van der Waals surface area contributed by atoms with Crippen LogP contribution in [0.3, 0.4) is 0 Å². The Labute approximate surface area is 94.7 Å². The maximum atomic E-state index is 13.4. The van der Waals surface area contributed by atoms with Crippen molar-refractivity contribution in [2.75, 3.05) is 0 Å². The van der Waals surface area contributed by atoms with Gasteiger partial charge in [0.25, 0.3) is 0 Å². The van der Waals surface area contributed by atoms with E-state index in [0.29, 0.717) is 18.6 Å². The highest BCUT2D eigenvalue weighted by atomic mass is 19.1. The fourth-order valence-corrected chi connectivity index (χ4v) is 1.91. The minimum Gasteiger partial charge on any atom is -0.458 e. The Morgan fingerprint density at radius 2 is 2.06 bits per heavy atom. The topological polar surface area (TPSA) is 42.6 Å².